The fourth-order valence-corrected chi connectivity index (χ4v) is 2.23. The van der Waals surface area contributed by atoms with E-state index in [0.29, 0.717) is 18.0 Å². The van der Waals surface area contributed by atoms with Crippen molar-refractivity contribution in [2.24, 2.45) is 0 Å². The monoisotopic (exact) mass is 249 g/mol. The Morgan fingerprint density at radius 2 is 2.18 bits per heavy atom. The normalized spacial score (nSPS) is 10.2. The summed E-state index contributed by atoms with van der Waals surface area (Å²) < 4.78 is 10.7. The van der Waals surface area contributed by atoms with Gasteiger partial charge >= 0.3 is 0 Å². The fraction of sp³-hybridized carbons (Fsp3) is 0.231. The molecular weight excluding hydrogens is 234 g/mol. The van der Waals surface area contributed by atoms with Gasteiger partial charge in [0.2, 0.25) is 0 Å². The molecule has 0 saturated heterocycles. The number of hydrogen-bond acceptors (Lipinski definition) is 4. The van der Waals surface area contributed by atoms with Gasteiger partial charge in [-0.25, -0.2) is 0 Å². The van der Waals surface area contributed by atoms with E-state index in [1.165, 1.54) is 5.56 Å². The molecule has 0 spiro atoms. The lowest BCUT2D eigenvalue weighted by Gasteiger charge is -2.08. The van der Waals surface area contributed by atoms with Crippen LogP contribution < -0.4 is 15.2 Å². The minimum atomic E-state index is 0.598. The third-order valence-corrected chi connectivity index (χ3v) is 3.17. The van der Waals surface area contributed by atoms with Gasteiger partial charge < -0.3 is 15.2 Å². The van der Waals surface area contributed by atoms with E-state index in [1.54, 1.807) is 24.5 Å². The Bertz CT molecular complexity index is 468. The molecule has 0 aliphatic carbocycles. The molecule has 2 rings (SSSR count). The number of methoxy groups -OCH3 is 1. The molecule has 0 fully saturated rings. The summed E-state index contributed by atoms with van der Waals surface area (Å²) in [6.07, 6.45) is 0.912. The van der Waals surface area contributed by atoms with Gasteiger partial charge in [-0.2, -0.15) is 11.3 Å². The molecule has 90 valence electrons. The summed E-state index contributed by atoms with van der Waals surface area (Å²) in [5.41, 5.74) is 7.69. The molecule has 2 aromatic rings. The van der Waals surface area contributed by atoms with Crippen LogP contribution in [-0.2, 0) is 6.42 Å². The van der Waals surface area contributed by atoms with Crippen molar-refractivity contribution in [1.82, 2.24) is 0 Å². The predicted octanol–water partition coefficient (Wildman–Crippen LogP) is 2.96. The Balaban J connectivity index is 1.89. The van der Waals surface area contributed by atoms with Crippen LogP contribution in [-0.4, -0.2) is 13.7 Å². The highest BCUT2D eigenvalue weighted by molar-refractivity contribution is 7.07. The highest BCUT2D eigenvalue weighted by Crippen LogP contribution is 2.26. The van der Waals surface area contributed by atoms with Gasteiger partial charge in [0.05, 0.1) is 19.4 Å². The average Bonchev–Trinajstić information content (AvgIpc) is 2.82. The van der Waals surface area contributed by atoms with Crippen LogP contribution in [0.1, 0.15) is 5.56 Å². The molecule has 0 aliphatic heterocycles. The zero-order valence-corrected chi connectivity index (χ0v) is 10.5. The Kier molecular flexibility index (Phi) is 3.88. The van der Waals surface area contributed by atoms with Crippen molar-refractivity contribution in [1.29, 1.82) is 0 Å². The second kappa shape index (κ2) is 5.59. The van der Waals surface area contributed by atoms with Crippen molar-refractivity contribution < 1.29 is 9.47 Å². The zero-order valence-electron chi connectivity index (χ0n) is 9.68. The minimum absolute atomic E-state index is 0.598. The Hall–Kier alpha value is -1.68. The standard InChI is InChI=1S/C13H15NO2S/c1-15-13-3-2-11(8-12(13)14)16-6-4-10-5-7-17-9-10/h2-3,5,7-9H,4,6,14H2,1H3. The van der Waals surface area contributed by atoms with E-state index in [0.717, 1.165) is 12.2 Å². The number of nitrogen functional groups attached to an aromatic ring is 1. The fourth-order valence-electron chi connectivity index (χ4n) is 1.52. The van der Waals surface area contributed by atoms with E-state index in [-0.39, 0.29) is 0 Å². The second-order valence-corrected chi connectivity index (χ2v) is 4.41. The predicted molar refractivity (Wildman–Crippen MR) is 70.9 cm³/mol. The number of anilines is 1. The first kappa shape index (κ1) is 11.8. The van der Waals surface area contributed by atoms with Crippen molar-refractivity contribution in [3.05, 3.63) is 40.6 Å². The summed E-state index contributed by atoms with van der Waals surface area (Å²) in [6.45, 7) is 0.655. The molecule has 17 heavy (non-hydrogen) atoms. The lowest BCUT2D eigenvalue weighted by Crippen LogP contribution is -2.01. The number of rotatable bonds is 5. The summed E-state index contributed by atoms with van der Waals surface area (Å²) in [7, 11) is 1.60. The molecule has 0 atom stereocenters. The molecule has 0 bridgehead atoms. The summed E-state index contributed by atoms with van der Waals surface area (Å²) in [4.78, 5) is 0. The van der Waals surface area contributed by atoms with E-state index in [1.807, 2.05) is 12.1 Å². The van der Waals surface area contributed by atoms with E-state index in [4.69, 9.17) is 15.2 Å². The second-order valence-electron chi connectivity index (χ2n) is 3.63. The van der Waals surface area contributed by atoms with E-state index < -0.39 is 0 Å². The molecule has 2 N–H and O–H groups in total. The van der Waals surface area contributed by atoms with Crippen LogP contribution >= 0.6 is 11.3 Å². The van der Waals surface area contributed by atoms with Crippen molar-refractivity contribution in [2.45, 2.75) is 6.42 Å². The molecule has 3 nitrogen and oxygen atoms in total. The van der Waals surface area contributed by atoms with E-state index in [9.17, 15) is 0 Å². The van der Waals surface area contributed by atoms with Crippen LogP contribution in [0.25, 0.3) is 0 Å². The van der Waals surface area contributed by atoms with Gasteiger partial charge in [0.1, 0.15) is 11.5 Å². The Labute approximate surface area is 105 Å². The maximum absolute atomic E-state index is 5.79. The number of ether oxygens (including phenoxy) is 2. The molecule has 1 heterocycles. The molecule has 0 aliphatic rings. The van der Waals surface area contributed by atoms with Gasteiger partial charge in [-0.3, -0.25) is 0 Å². The highest BCUT2D eigenvalue weighted by Gasteiger charge is 2.01. The molecular formula is C13H15NO2S. The molecule has 0 unspecified atom stereocenters. The lowest BCUT2D eigenvalue weighted by molar-refractivity contribution is 0.321. The first-order valence-electron chi connectivity index (χ1n) is 5.37. The summed E-state index contributed by atoms with van der Waals surface area (Å²) in [5, 5.41) is 4.20. The minimum Gasteiger partial charge on any atom is -0.495 e. The number of nitrogens with two attached hydrogens (primary N) is 1. The van der Waals surface area contributed by atoms with E-state index >= 15 is 0 Å². The van der Waals surface area contributed by atoms with E-state index in [2.05, 4.69) is 16.8 Å². The van der Waals surface area contributed by atoms with Crippen LogP contribution in [0.2, 0.25) is 0 Å². The summed E-state index contributed by atoms with van der Waals surface area (Å²) >= 11 is 1.70. The Morgan fingerprint density at radius 3 is 2.82 bits per heavy atom. The molecule has 1 aromatic carbocycles. The topological polar surface area (TPSA) is 44.5 Å². The van der Waals surface area contributed by atoms with Crippen LogP contribution in [0.3, 0.4) is 0 Å². The quantitative estimate of drug-likeness (QED) is 0.829. The van der Waals surface area contributed by atoms with Gasteiger partial charge in [0, 0.05) is 12.5 Å². The van der Waals surface area contributed by atoms with Crippen LogP contribution in [0.5, 0.6) is 11.5 Å². The first-order chi connectivity index (χ1) is 8.29. The largest absolute Gasteiger partial charge is 0.495 e. The molecule has 0 radical (unpaired) electrons. The molecule has 4 heteroatoms. The molecule has 0 amide bonds. The van der Waals surface area contributed by atoms with Gasteiger partial charge in [0.25, 0.3) is 0 Å². The Morgan fingerprint density at radius 1 is 1.29 bits per heavy atom. The van der Waals surface area contributed by atoms with Crippen molar-refractivity contribution in [2.75, 3.05) is 19.5 Å². The average molecular weight is 249 g/mol. The highest BCUT2D eigenvalue weighted by atomic mass is 32.1. The number of benzene rings is 1. The number of hydrogen-bond donors (Lipinski definition) is 1. The van der Waals surface area contributed by atoms with Gasteiger partial charge in [-0.15, -0.1) is 0 Å². The third kappa shape index (κ3) is 3.14. The maximum atomic E-state index is 5.79. The van der Waals surface area contributed by atoms with Crippen molar-refractivity contribution >= 4 is 17.0 Å². The van der Waals surface area contributed by atoms with Crippen molar-refractivity contribution in [3.8, 4) is 11.5 Å². The first-order valence-corrected chi connectivity index (χ1v) is 6.31. The van der Waals surface area contributed by atoms with Crippen LogP contribution in [0.15, 0.2) is 35.0 Å². The maximum Gasteiger partial charge on any atom is 0.142 e. The van der Waals surface area contributed by atoms with Gasteiger partial charge in [-0.05, 0) is 34.5 Å². The SMILES string of the molecule is COc1ccc(OCCc2ccsc2)cc1N. The van der Waals surface area contributed by atoms with Crippen LogP contribution in [0, 0.1) is 0 Å². The van der Waals surface area contributed by atoms with Gasteiger partial charge in [0.15, 0.2) is 0 Å². The third-order valence-electron chi connectivity index (χ3n) is 2.44. The summed E-state index contributed by atoms with van der Waals surface area (Å²) in [6, 6.07) is 7.57. The number of thiophene rings is 1. The zero-order chi connectivity index (χ0) is 12.1. The van der Waals surface area contributed by atoms with Gasteiger partial charge in [-0.1, -0.05) is 0 Å². The summed E-state index contributed by atoms with van der Waals surface area (Å²) in [5.74, 6) is 1.45. The van der Waals surface area contributed by atoms with Crippen LogP contribution in [0.4, 0.5) is 5.69 Å². The van der Waals surface area contributed by atoms with Crippen molar-refractivity contribution in [3.63, 3.8) is 0 Å². The molecule has 1 aromatic heterocycles. The lowest BCUT2D eigenvalue weighted by atomic mass is 10.2. The molecule has 0 saturated carbocycles. The smallest absolute Gasteiger partial charge is 0.142 e.